The highest BCUT2D eigenvalue weighted by molar-refractivity contribution is 5.87. The van der Waals surface area contributed by atoms with E-state index in [-0.39, 0.29) is 29.8 Å². The summed E-state index contributed by atoms with van der Waals surface area (Å²) < 4.78 is 32.6. The van der Waals surface area contributed by atoms with Gasteiger partial charge >= 0.3 is 0 Å². The van der Waals surface area contributed by atoms with Crippen molar-refractivity contribution in [2.45, 2.75) is 25.0 Å². The van der Waals surface area contributed by atoms with Crippen LogP contribution in [0.15, 0.2) is 61.3 Å². The van der Waals surface area contributed by atoms with Crippen molar-refractivity contribution in [2.24, 2.45) is 7.05 Å². The second-order valence-corrected chi connectivity index (χ2v) is 10.6. The summed E-state index contributed by atoms with van der Waals surface area (Å²) in [5.74, 6) is 1.93. The van der Waals surface area contributed by atoms with Crippen LogP contribution in [0.1, 0.15) is 23.1 Å². The first-order valence-electron chi connectivity index (χ1n) is 13.2. The molecule has 0 amide bonds. The fraction of sp³-hybridized carbons (Fsp3) is 0.226. The van der Waals surface area contributed by atoms with E-state index in [0.29, 0.717) is 5.56 Å². The van der Waals surface area contributed by atoms with Gasteiger partial charge in [0.2, 0.25) is 0 Å². The molecule has 0 radical (unpaired) electrons. The fourth-order valence-corrected chi connectivity index (χ4v) is 6.04. The minimum atomic E-state index is -0.600. The molecule has 1 aromatic carbocycles. The highest BCUT2D eigenvalue weighted by atomic mass is 19.1. The van der Waals surface area contributed by atoms with Gasteiger partial charge in [0.25, 0.3) is 0 Å². The van der Waals surface area contributed by atoms with Crippen LogP contribution < -0.4 is 4.90 Å². The Balaban J connectivity index is 1.13. The maximum absolute atomic E-state index is 14.6. The van der Waals surface area contributed by atoms with Crippen LogP contribution >= 0.6 is 0 Å². The topological polar surface area (TPSA) is 78.3 Å². The summed E-state index contributed by atoms with van der Waals surface area (Å²) in [7, 11) is 1.87. The average molecular weight is 547 g/mol. The van der Waals surface area contributed by atoms with Gasteiger partial charge < -0.3 is 4.90 Å². The number of fused-ring (bicyclic) bond motifs is 3. The molecule has 2 unspecified atom stereocenters. The molecular formula is C31H24F2N8. The van der Waals surface area contributed by atoms with E-state index >= 15 is 0 Å². The van der Waals surface area contributed by atoms with E-state index in [2.05, 4.69) is 32.0 Å². The number of benzene rings is 1. The summed E-state index contributed by atoms with van der Waals surface area (Å²) >= 11 is 0. The van der Waals surface area contributed by atoms with Gasteiger partial charge in [-0.2, -0.15) is 15.5 Å². The number of piperazine rings is 1. The zero-order valence-corrected chi connectivity index (χ0v) is 22.2. The zero-order chi connectivity index (χ0) is 28.2. The van der Waals surface area contributed by atoms with Crippen molar-refractivity contribution in [1.29, 1.82) is 5.26 Å². The maximum atomic E-state index is 14.6. The van der Waals surface area contributed by atoms with E-state index in [4.69, 9.17) is 11.4 Å². The molecule has 0 spiro atoms. The smallest absolute Gasteiger partial charge is 0.131 e. The van der Waals surface area contributed by atoms with Crippen molar-refractivity contribution < 1.29 is 8.78 Å². The highest BCUT2D eigenvalue weighted by Gasteiger charge is 2.45. The zero-order valence-electron chi connectivity index (χ0n) is 22.2. The number of nitrogens with zero attached hydrogens (tertiary/aromatic N) is 8. The molecule has 3 fully saturated rings. The molecule has 0 saturated carbocycles. The van der Waals surface area contributed by atoms with Gasteiger partial charge in [0, 0.05) is 90.7 Å². The van der Waals surface area contributed by atoms with Crippen LogP contribution in [0, 0.1) is 35.3 Å². The molecule has 8 nitrogen and oxygen atoms in total. The van der Waals surface area contributed by atoms with Crippen molar-refractivity contribution in [1.82, 2.24) is 29.3 Å². The first kappa shape index (κ1) is 24.9. The molecule has 41 heavy (non-hydrogen) atoms. The van der Waals surface area contributed by atoms with Crippen molar-refractivity contribution in [3.8, 4) is 40.7 Å². The lowest BCUT2D eigenvalue weighted by Crippen LogP contribution is -2.68. The number of aromatic nitrogens is 5. The number of anilines is 1. The molecule has 0 N–H and O–H groups in total. The van der Waals surface area contributed by atoms with Crippen molar-refractivity contribution in [2.75, 3.05) is 18.0 Å². The Kier molecular flexibility index (Phi) is 5.81. The standard InChI is InChI=1S/C31H24F2N8/c1-3-19-6-28(32)27(29(33)7-19)18-40-24-9-25(40)17-39(16-24)30-5-4-20(11-35-30)26-8-21(23-13-36-38(2)14-23)15-41-31(26)22(10-34)12-37-41/h1,4-8,11-15,24-25H,9,16-18H2,2H3. The molecule has 4 aromatic heterocycles. The minimum Gasteiger partial charge on any atom is -0.353 e. The molecule has 3 saturated heterocycles. The van der Waals surface area contributed by atoms with Gasteiger partial charge in [-0.1, -0.05) is 5.92 Å². The van der Waals surface area contributed by atoms with Crippen molar-refractivity contribution in [3.05, 3.63) is 89.6 Å². The molecule has 0 aliphatic carbocycles. The van der Waals surface area contributed by atoms with Gasteiger partial charge in [-0.3, -0.25) is 9.58 Å². The summed E-state index contributed by atoms with van der Waals surface area (Å²) in [6, 6.07) is 11.1. The van der Waals surface area contributed by atoms with Gasteiger partial charge in [-0.25, -0.2) is 18.3 Å². The van der Waals surface area contributed by atoms with Crippen LogP contribution in [-0.2, 0) is 13.6 Å². The van der Waals surface area contributed by atoms with Crippen molar-refractivity contribution >= 4 is 11.3 Å². The number of hydrogen-bond donors (Lipinski definition) is 0. The van der Waals surface area contributed by atoms with E-state index in [1.165, 1.54) is 12.1 Å². The number of piperidine rings is 1. The number of halogens is 2. The van der Waals surface area contributed by atoms with Crippen LogP contribution in [0.5, 0.6) is 0 Å². The number of hydrogen-bond acceptors (Lipinski definition) is 6. The Morgan fingerprint density at radius 2 is 1.76 bits per heavy atom. The van der Waals surface area contributed by atoms with E-state index < -0.39 is 11.6 Å². The molecule has 3 aliphatic heterocycles. The average Bonchev–Trinajstić information content (AvgIpc) is 3.62. The first-order valence-corrected chi connectivity index (χ1v) is 13.2. The largest absolute Gasteiger partial charge is 0.353 e. The third-order valence-corrected chi connectivity index (χ3v) is 8.15. The maximum Gasteiger partial charge on any atom is 0.131 e. The third kappa shape index (κ3) is 4.21. The molecule has 3 aliphatic rings. The summed E-state index contributed by atoms with van der Waals surface area (Å²) in [5.41, 5.74) is 5.06. The summed E-state index contributed by atoms with van der Waals surface area (Å²) in [6.07, 6.45) is 15.3. The van der Waals surface area contributed by atoms with Gasteiger partial charge in [0.1, 0.15) is 23.5 Å². The molecule has 5 aromatic rings. The van der Waals surface area contributed by atoms with E-state index in [9.17, 15) is 14.0 Å². The Morgan fingerprint density at radius 1 is 0.976 bits per heavy atom. The van der Waals surface area contributed by atoms with Crippen LogP contribution in [0.4, 0.5) is 14.6 Å². The van der Waals surface area contributed by atoms with Crippen LogP contribution in [0.25, 0.3) is 27.8 Å². The monoisotopic (exact) mass is 546 g/mol. The predicted octanol–water partition coefficient (Wildman–Crippen LogP) is 4.39. The lowest BCUT2D eigenvalue weighted by Gasteiger charge is -2.56. The number of rotatable bonds is 5. The molecule has 202 valence electrons. The van der Waals surface area contributed by atoms with E-state index in [0.717, 1.165) is 53.1 Å². The Bertz CT molecular complexity index is 1860. The summed E-state index contributed by atoms with van der Waals surface area (Å²) in [6.45, 7) is 1.65. The second-order valence-electron chi connectivity index (χ2n) is 10.6. The first-order chi connectivity index (χ1) is 19.9. The van der Waals surface area contributed by atoms with Crippen LogP contribution in [0.2, 0.25) is 0 Å². The number of aryl methyl sites for hydroxylation is 1. The van der Waals surface area contributed by atoms with Gasteiger partial charge in [-0.15, -0.1) is 6.42 Å². The fourth-order valence-electron chi connectivity index (χ4n) is 6.04. The highest BCUT2D eigenvalue weighted by Crippen LogP contribution is 2.37. The molecule has 8 rings (SSSR count). The Hall–Kier alpha value is -5.06. The second kappa shape index (κ2) is 9.54. The van der Waals surface area contributed by atoms with E-state index in [1.54, 1.807) is 21.6 Å². The lowest BCUT2D eigenvalue weighted by molar-refractivity contribution is -0.0103. The van der Waals surface area contributed by atoms with Crippen LogP contribution in [0.3, 0.4) is 0 Å². The van der Waals surface area contributed by atoms with Crippen LogP contribution in [-0.4, -0.2) is 54.5 Å². The molecule has 2 bridgehead atoms. The Labute approximate surface area is 235 Å². The number of nitriles is 1. The van der Waals surface area contributed by atoms with Gasteiger partial charge in [0.05, 0.1) is 23.5 Å². The normalized spacial score (nSPS) is 18.2. The quantitative estimate of drug-likeness (QED) is 0.305. The van der Waals surface area contributed by atoms with E-state index in [1.807, 2.05) is 43.8 Å². The SMILES string of the molecule is C#Cc1cc(F)c(CN2C3CC2CN(c2ccc(-c4cc(-c5cnn(C)c5)cn5ncc(C#N)c45)cn2)C3)c(F)c1. The molecular weight excluding hydrogens is 522 g/mol. The third-order valence-electron chi connectivity index (χ3n) is 8.15. The number of pyridine rings is 2. The molecule has 10 heteroatoms. The molecule has 2 atom stereocenters. The summed E-state index contributed by atoms with van der Waals surface area (Å²) in [5, 5.41) is 18.4. The van der Waals surface area contributed by atoms with Gasteiger partial charge in [0.15, 0.2) is 0 Å². The lowest BCUT2D eigenvalue weighted by atomic mass is 9.86. The minimum absolute atomic E-state index is 0.0612. The molecule has 7 heterocycles. The van der Waals surface area contributed by atoms with Crippen molar-refractivity contribution in [3.63, 3.8) is 0 Å². The van der Waals surface area contributed by atoms with Gasteiger partial charge in [-0.05, 0) is 36.8 Å². The Morgan fingerprint density at radius 3 is 2.39 bits per heavy atom. The number of terminal acetylenes is 1. The predicted molar refractivity (Wildman–Crippen MR) is 150 cm³/mol. The summed E-state index contributed by atoms with van der Waals surface area (Å²) in [4.78, 5) is 9.16.